The second kappa shape index (κ2) is 5.48. The van der Waals surface area contributed by atoms with E-state index in [1.165, 1.54) is 11.3 Å². The Labute approximate surface area is 115 Å². The van der Waals surface area contributed by atoms with Crippen LogP contribution in [0.3, 0.4) is 0 Å². The first kappa shape index (κ1) is 13.7. The first-order valence-electron chi connectivity index (χ1n) is 6.31. The number of nitrogen functional groups attached to an aromatic ring is 1. The molecule has 0 radical (unpaired) electrons. The molecule has 1 saturated carbocycles. The lowest BCUT2D eigenvalue weighted by Gasteiger charge is -2.03. The van der Waals surface area contributed by atoms with Gasteiger partial charge in [-0.05, 0) is 19.3 Å². The molecule has 2 amide bonds. The summed E-state index contributed by atoms with van der Waals surface area (Å²) in [5.41, 5.74) is 11.6. The van der Waals surface area contributed by atoms with Crippen LogP contribution in [0.5, 0.6) is 0 Å². The van der Waals surface area contributed by atoms with E-state index in [-0.39, 0.29) is 17.2 Å². The van der Waals surface area contributed by atoms with E-state index in [0.29, 0.717) is 22.5 Å². The first-order chi connectivity index (χ1) is 9.04. The molecule has 1 fully saturated rings. The standard InChI is InChI=1S/C12H18N4O2S/c1-2-5-15-11(18)9-8(13)7(10(14)17)12(19-9)16-6-3-4-6/h6,16H,2-5,13H2,1H3,(H2,14,17)(H,15,18). The molecular formula is C12H18N4O2S. The summed E-state index contributed by atoms with van der Waals surface area (Å²) < 4.78 is 0. The molecule has 104 valence electrons. The van der Waals surface area contributed by atoms with Crippen molar-refractivity contribution in [2.24, 2.45) is 5.73 Å². The van der Waals surface area contributed by atoms with Gasteiger partial charge in [0.2, 0.25) is 0 Å². The third-order valence-electron chi connectivity index (χ3n) is 2.85. The molecule has 0 saturated heterocycles. The highest BCUT2D eigenvalue weighted by Gasteiger charge is 2.28. The number of carbonyl (C=O) groups is 2. The van der Waals surface area contributed by atoms with E-state index in [1.54, 1.807) is 0 Å². The molecule has 1 aliphatic carbocycles. The van der Waals surface area contributed by atoms with Crippen molar-refractivity contribution in [2.75, 3.05) is 17.6 Å². The van der Waals surface area contributed by atoms with Crippen LogP contribution < -0.4 is 22.1 Å². The Morgan fingerprint density at radius 3 is 2.63 bits per heavy atom. The quantitative estimate of drug-likeness (QED) is 0.627. The zero-order valence-electron chi connectivity index (χ0n) is 10.8. The third-order valence-corrected chi connectivity index (χ3v) is 3.98. The number of hydrogen-bond donors (Lipinski definition) is 4. The van der Waals surface area contributed by atoms with E-state index in [9.17, 15) is 9.59 Å². The summed E-state index contributed by atoms with van der Waals surface area (Å²) in [5, 5.41) is 6.55. The zero-order chi connectivity index (χ0) is 14.0. The molecule has 1 aromatic rings. The van der Waals surface area contributed by atoms with Gasteiger partial charge in [0.1, 0.15) is 9.88 Å². The van der Waals surface area contributed by atoms with Gasteiger partial charge in [-0.15, -0.1) is 11.3 Å². The SMILES string of the molecule is CCCNC(=O)c1sc(NC2CC2)c(C(N)=O)c1N. The Kier molecular flexibility index (Phi) is 3.94. The maximum Gasteiger partial charge on any atom is 0.263 e. The fourth-order valence-corrected chi connectivity index (χ4v) is 2.81. The Balaban J connectivity index is 2.28. The molecule has 1 aromatic heterocycles. The lowest BCUT2D eigenvalue weighted by Crippen LogP contribution is -2.24. The minimum Gasteiger partial charge on any atom is -0.397 e. The van der Waals surface area contributed by atoms with Gasteiger partial charge in [-0.2, -0.15) is 0 Å². The number of thiophene rings is 1. The van der Waals surface area contributed by atoms with Crippen LogP contribution in [-0.4, -0.2) is 24.4 Å². The molecule has 1 aliphatic rings. The molecule has 6 nitrogen and oxygen atoms in total. The van der Waals surface area contributed by atoms with Crippen LogP contribution in [0.1, 0.15) is 46.2 Å². The predicted octanol–water partition coefficient (Wildman–Crippen LogP) is 1.14. The molecule has 1 heterocycles. The highest BCUT2D eigenvalue weighted by Crippen LogP contribution is 2.38. The fourth-order valence-electron chi connectivity index (χ4n) is 1.69. The zero-order valence-corrected chi connectivity index (χ0v) is 11.6. The van der Waals surface area contributed by atoms with Crippen LogP contribution >= 0.6 is 11.3 Å². The molecule has 0 unspecified atom stereocenters. The molecule has 0 aliphatic heterocycles. The molecule has 0 spiro atoms. The second-order valence-electron chi connectivity index (χ2n) is 4.59. The number of rotatable bonds is 6. The maximum absolute atomic E-state index is 12.0. The van der Waals surface area contributed by atoms with Gasteiger partial charge < -0.3 is 22.1 Å². The van der Waals surface area contributed by atoms with Gasteiger partial charge in [-0.1, -0.05) is 6.92 Å². The third kappa shape index (κ3) is 2.98. The first-order valence-corrected chi connectivity index (χ1v) is 7.13. The molecule has 0 aromatic carbocycles. The Hall–Kier alpha value is -1.76. The van der Waals surface area contributed by atoms with Gasteiger partial charge in [0.05, 0.1) is 11.3 Å². The summed E-state index contributed by atoms with van der Waals surface area (Å²) >= 11 is 1.19. The topological polar surface area (TPSA) is 110 Å². The minimum absolute atomic E-state index is 0.175. The van der Waals surface area contributed by atoms with Crippen LogP contribution in [0, 0.1) is 0 Å². The lowest BCUT2D eigenvalue weighted by molar-refractivity contribution is 0.0958. The molecule has 2 rings (SSSR count). The van der Waals surface area contributed by atoms with Crippen molar-refractivity contribution in [3.05, 3.63) is 10.4 Å². The second-order valence-corrected chi connectivity index (χ2v) is 5.61. The number of nitrogens with one attached hydrogen (secondary N) is 2. The van der Waals surface area contributed by atoms with Gasteiger partial charge >= 0.3 is 0 Å². The summed E-state index contributed by atoms with van der Waals surface area (Å²) in [4.78, 5) is 23.8. The maximum atomic E-state index is 12.0. The molecule has 7 heteroatoms. The predicted molar refractivity (Wildman–Crippen MR) is 76.5 cm³/mol. The van der Waals surface area contributed by atoms with Gasteiger partial charge in [0, 0.05) is 12.6 Å². The van der Waals surface area contributed by atoms with E-state index >= 15 is 0 Å². The highest BCUT2D eigenvalue weighted by molar-refractivity contribution is 7.19. The van der Waals surface area contributed by atoms with Gasteiger partial charge in [-0.25, -0.2) is 0 Å². The molecule has 6 N–H and O–H groups in total. The summed E-state index contributed by atoms with van der Waals surface area (Å²) in [6.07, 6.45) is 2.97. The number of primary amides is 1. The number of nitrogens with two attached hydrogens (primary N) is 2. The van der Waals surface area contributed by atoms with Crippen LogP contribution in [0.25, 0.3) is 0 Å². The molecule has 0 bridgehead atoms. The summed E-state index contributed by atoms with van der Waals surface area (Å²) in [7, 11) is 0. The Morgan fingerprint density at radius 2 is 2.11 bits per heavy atom. The van der Waals surface area contributed by atoms with Crippen molar-refractivity contribution < 1.29 is 9.59 Å². The van der Waals surface area contributed by atoms with Crippen molar-refractivity contribution >= 4 is 33.8 Å². The molecule has 19 heavy (non-hydrogen) atoms. The monoisotopic (exact) mass is 282 g/mol. The average molecular weight is 282 g/mol. The smallest absolute Gasteiger partial charge is 0.263 e. The van der Waals surface area contributed by atoms with E-state index < -0.39 is 5.91 Å². The normalized spacial score (nSPS) is 14.2. The van der Waals surface area contributed by atoms with Crippen LogP contribution in [0.15, 0.2) is 0 Å². The lowest BCUT2D eigenvalue weighted by atomic mass is 10.2. The number of hydrogen-bond acceptors (Lipinski definition) is 5. The Bertz CT molecular complexity index is 508. The minimum atomic E-state index is -0.605. The number of carbonyl (C=O) groups excluding carboxylic acids is 2. The molecular weight excluding hydrogens is 264 g/mol. The number of amides is 2. The van der Waals surface area contributed by atoms with Crippen LogP contribution in [-0.2, 0) is 0 Å². The molecule has 0 atom stereocenters. The van der Waals surface area contributed by atoms with Crippen molar-refractivity contribution in [2.45, 2.75) is 32.2 Å². The van der Waals surface area contributed by atoms with Gasteiger partial charge in [0.15, 0.2) is 0 Å². The van der Waals surface area contributed by atoms with E-state index in [1.807, 2.05) is 6.92 Å². The van der Waals surface area contributed by atoms with Crippen molar-refractivity contribution in [3.8, 4) is 0 Å². The highest BCUT2D eigenvalue weighted by atomic mass is 32.1. The van der Waals surface area contributed by atoms with Crippen LogP contribution in [0.2, 0.25) is 0 Å². The van der Waals surface area contributed by atoms with Gasteiger partial charge in [-0.3, -0.25) is 9.59 Å². The Morgan fingerprint density at radius 1 is 1.42 bits per heavy atom. The van der Waals surface area contributed by atoms with E-state index in [0.717, 1.165) is 19.3 Å². The number of anilines is 2. The average Bonchev–Trinajstić information content (AvgIpc) is 3.09. The van der Waals surface area contributed by atoms with Crippen molar-refractivity contribution in [1.29, 1.82) is 0 Å². The summed E-state index contributed by atoms with van der Waals surface area (Å²) in [6, 6.07) is 0.364. The largest absolute Gasteiger partial charge is 0.397 e. The summed E-state index contributed by atoms with van der Waals surface area (Å²) in [6.45, 7) is 2.54. The van der Waals surface area contributed by atoms with E-state index in [2.05, 4.69) is 10.6 Å². The van der Waals surface area contributed by atoms with Crippen molar-refractivity contribution in [3.63, 3.8) is 0 Å². The van der Waals surface area contributed by atoms with E-state index in [4.69, 9.17) is 11.5 Å². The van der Waals surface area contributed by atoms with Crippen molar-refractivity contribution in [1.82, 2.24) is 5.32 Å². The van der Waals surface area contributed by atoms with Gasteiger partial charge in [0.25, 0.3) is 11.8 Å². The van der Waals surface area contributed by atoms with Crippen LogP contribution in [0.4, 0.5) is 10.7 Å². The fraction of sp³-hybridized carbons (Fsp3) is 0.500. The summed E-state index contributed by atoms with van der Waals surface area (Å²) in [5.74, 6) is -0.859.